The molecule has 2 unspecified atom stereocenters. The number of hydrogen-bond acceptors (Lipinski definition) is 7. The van der Waals surface area contributed by atoms with Gasteiger partial charge >= 0.3 is 0 Å². The molecule has 242 valence electrons. The summed E-state index contributed by atoms with van der Waals surface area (Å²) in [6.45, 7) is 10.6. The molecule has 0 spiro atoms. The summed E-state index contributed by atoms with van der Waals surface area (Å²) in [5.74, 6) is 0.209. The van der Waals surface area contributed by atoms with Gasteiger partial charge in [-0.15, -0.1) is 12.4 Å². The maximum Gasteiger partial charge on any atom is 0.264 e. The molecule has 0 aliphatic carbocycles. The quantitative estimate of drug-likeness (QED) is 0.275. The summed E-state index contributed by atoms with van der Waals surface area (Å²) in [5, 5.41) is 0. The Morgan fingerprint density at radius 2 is 1.65 bits per heavy atom. The van der Waals surface area contributed by atoms with Gasteiger partial charge in [0, 0.05) is 43.4 Å². The van der Waals surface area contributed by atoms with Crippen molar-refractivity contribution in [1.82, 2.24) is 19.8 Å². The smallest absolute Gasteiger partial charge is 0.264 e. The van der Waals surface area contributed by atoms with Gasteiger partial charge in [0.2, 0.25) is 11.8 Å². The second-order valence-electron chi connectivity index (χ2n) is 12.4. The number of carbonyl (C=O) groups excluding carboxylic acids is 1. The first kappa shape index (κ1) is 33.4. The van der Waals surface area contributed by atoms with Crippen LogP contribution in [0.2, 0.25) is 0 Å². The number of fused-ring (bicyclic) bond motifs is 6. The number of hydrogen-bond donors (Lipinski definition) is 1. The van der Waals surface area contributed by atoms with Crippen molar-refractivity contribution in [2.45, 2.75) is 57.7 Å². The third-order valence-corrected chi connectivity index (χ3v) is 9.80. The first-order valence-electron chi connectivity index (χ1n) is 15.4. The van der Waals surface area contributed by atoms with Crippen molar-refractivity contribution >= 4 is 34.3 Å². The molecule has 1 amide bonds. The van der Waals surface area contributed by atoms with Gasteiger partial charge in [0.15, 0.2) is 0 Å². The molecule has 3 aromatic carbocycles. The van der Waals surface area contributed by atoms with Gasteiger partial charge in [-0.2, -0.15) is 4.98 Å². The predicted molar refractivity (Wildman–Crippen MR) is 182 cm³/mol. The molecule has 1 fully saturated rings. The van der Waals surface area contributed by atoms with Crippen LogP contribution >= 0.6 is 12.4 Å². The number of carbonyl (C=O) groups is 1. The van der Waals surface area contributed by atoms with E-state index in [0.717, 1.165) is 16.7 Å². The van der Waals surface area contributed by atoms with Crippen molar-refractivity contribution < 1.29 is 17.9 Å². The van der Waals surface area contributed by atoms with Crippen LogP contribution in [0.4, 0.5) is 5.95 Å². The number of anilines is 1. The Bertz CT molecular complexity index is 1800. The first-order chi connectivity index (χ1) is 21.6. The van der Waals surface area contributed by atoms with Crippen LogP contribution in [0.1, 0.15) is 47.3 Å². The molecular weight excluding hydrogens is 622 g/mol. The van der Waals surface area contributed by atoms with E-state index in [0.29, 0.717) is 43.9 Å². The van der Waals surface area contributed by atoms with Crippen molar-refractivity contribution in [1.29, 1.82) is 0 Å². The van der Waals surface area contributed by atoms with E-state index in [1.54, 1.807) is 18.2 Å². The summed E-state index contributed by atoms with van der Waals surface area (Å²) in [5.41, 5.74) is 4.92. The van der Waals surface area contributed by atoms with Gasteiger partial charge in [0.05, 0.1) is 16.6 Å². The fourth-order valence-electron chi connectivity index (χ4n) is 6.37. The third-order valence-electron chi connectivity index (χ3n) is 8.48. The van der Waals surface area contributed by atoms with E-state index in [9.17, 15) is 13.2 Å². The van der Waals surface area contributed by atoms with Gasteiger partial charge in [-0.1, -0.05) is 68.4 Å². The van der Waals surface area contributed by atoms with Gasteiger partial charge in [-0.05, 0) is 61.1 Å². The molecule has 6 rings (SSSR count). The van der Waals surface area contributed by atoms with Crippen molar-refractivity contribution in [2.75, 3.05) is 24.4 Å². The lowest BCUT2D eigenvalue weighted by atomic mass is 9.96. The van der Waals surface area contributed by atoms with Crippen molar-refractivity contribution in [3.63, 3.8) is 0 Å². The molecule has 2 atom stereocenters. The highest BCUT2D eigenvalue weighted by molar-refractivity contribution is 7.92. The Balaban J connectivity index is 0.00000417. The molecule has 9 nitrogen and oxygen atoms in total. The number of aromatic nitrogens is 2. The van der Waals surface area contributed by atoms with E-state index >= 15 is 0 Å². The fourth-order valence-corrected chi connectivity index (χ4v) is 7.36. The number of ether oxygens (including phenoxy) is 1. The minimum Gasteiger partial charge on any atom is -0.471 e. The summed E-state index contributed by atoms with van der Waals surface area (Å²) >= 11 is 0. The molecule has 4 aromatic rings. The lowest BCUT2D eigenvalue weighted by molar-refractivity contribution is 0.0418. The maximum atomic E-state index is 14.3. The second-order valence-corrected chi connectivity index (χ2v) is 14.1. The van der Waals surface area contributed by atoms with E-state index in [-0.39, 0.29) is 47.0 Å². The van der Waals surface area contributed by atoms with E-state index in [1.165, 1.54) is 17.7 Å². The van der Waals surface area contributed by atoms with Crippen LogP contribution in [-0.4, -0.2) is 65.9 Å². The summed E-state index contributed by atoms with van der Waals surface area (Å²) in [4.78, 5) is 27.7. The highest BCUT2D eigenvalue weighted by atomic mass is 35.5. The van der Waals surface area contributed by atoms with Crippen molar-refractivity contribution in [3.05, 3.63) is 101 Å². The van der Waals surface area contributed by atoms with Gasteiger partial charge in [0.25, 0.3) is 15.9 Å². The highest BCUT2D eigenvalue weighted by Gasteiger charge is 2.38. The third kappa shape index (κ3) is 7.19. The number of aryl methyl sites for hydroxylation is 2. The minimum atomic E-state index is -4.12. The van der Waals surface area contributed by atoms with E-state index < -0.39 is 16.1 Å². The molecule has 2 aliphatic rings. The molecule has 1 saturated heterocycles. The molecule has 2 aliphatic heterocycles. The Hall–Kier alpha value is -3.99. The predicted octanol–water partition coefficient (Wildman–Crippen LogP) is 6.12. The number of nitrogens with one attached hydrogen (secondary N) is 1. The average molecular weight is 662 g/mol. The maximum absolute atomic E-state index is 14.3. The summed E-state index contributed by atoms with van der Waals surface area (Å²) < 4.78 is 36.6. The van der Waals surface area contributed by atoms with Crippen LogP contribution in [0.25, 0.3) is 11.3 Å². The molecule has 3 heterocycles. The summed E-state index contributed by atoms with van der Waals surface area (Å²) in [7, 11) is -4.12. The van der Waals surface area contributed by atoms with E-state index in [1.807, 2.05) is 55.1 Å². The number of nitrogens with zero attached hydrogens (tertiary/aromatic N) is 4. The molecular formula is C35H40ClN5O4S. The Kier molecular flexibility index (Phi) is 10.0. The normalized spacial score (nSPS) is 19.4. The molecule has 1 N–H and O–H groups in total. The van der Waals surface area contributed by atoms with Crippen LogP contribution in [0.5, 0.6) is 5.88 Å². The average Bonchev–Trinajstić information content (AvgIpc) is 3.15. The van der Waals surface area contributed by atoms with E-state index in [4.69, 9.17) is 4.74 Å². The van der Waals surface area contributed by atoms with Crippen LogP contribution in [0, 0.1) is 19.8 Å². The van der Waals surface area contributed by atoms with Gasteiger partial charge in [0.1, 0.15) is 6.10 Å². The molecule has 6 bridgehead atoms. The molecule has 0 saturated carbocycles. The Morgan fingerprint density at radius 1 is 0.935 bits per heavy atom. The van der Waals surface area contributed by atoms with Gasteiger partial charge in [-0.3, -0.25) is 9.69 Å². The van der Waals surface area contributed by atoms with Gasteiger partial charge < -0.3 is 9.64 Å². The summed E-state index contributed by atoms with van der Waals surface area (Å²) in [6, 6.07) is 23.9. The van der Waals surface area contributed by atoms with Crippen molar-refractivity contribution in [2.24, 2.45) is 5.92 Å². The number of sulfonamides is 1. The Morgan fingerprint density at radius 3 is 2.37 bits per heavy atom. The lowest BCUT2D eigenvalue weighted by Gasteiger charge is -2.36. The zero-order valence-corrected chi connectivity index (χ0v) is 28.1. The van der Waals surface area contributed by atoms with Crippen LogP contribution in [0.15, 0.2) is 83.8 Å². The molecule has 1 aromatic heterocycles. The first-order valence-corrected chi connectivity index (χ1v) is 16.9. The second kappa shape index (κ2) is 13.8. The summed E-state index contributed by atoms with van der Waals surface area (Å²) in [6.07, 6.45) is 0.254. The Labute approximate surface area is 277 Å². The SMILES string of the molecule is Cc1cccc(C)c1-c1cc2nc(n1)NS(=O)(=O)c1cccc(c1)C(=O)N1CCN(Cc3ccccc3)CC(O2)C1CC(C)C.Cl. The zero-order chi connectivity index (χ0) is 31.7. The molecule has 0 radical (unpaired) electrons. The lowest BCUT2D eigenvalue weighted by Crippen LogP contribution is -2.50. The number of rotatable bonds is 5. The van der Waals surface area contributed by atoms with E-state index in [2.05, 4.69) is 45.6 Å². The topological polar surface area (TPSA) is 105 Å². The number of halogens is 1. The number of benzene rings is 3. The highest BCUT2D eigenvalue weighted by Crippen LogP contribution is 2.32. The van der Waals surface area contributed by atoms with Crippen molar-refractivity contribution in [3.8, 4) is 17.1 Å². The monoisotopic (exact) mass is 661 g/mol. The van der Waals surface area contributed by atoms with Crippen LogP contribution < -0.4 is 9.46 Å². The number of amides is 1. The zero-order valence-electron chi connectivity index (χ0n) is 26.5. The molecule has 11 heteroatoms. The fraction of sp³-hybridized carbons (Fsp3) is 0.343. The standard InChI is InChI=1S/C35H39N5O4S.ClH/c1-23(2)18-30-31-22-39(21-26-12-6-5-7-13-26)16-17-40(30)34(41)27-14-9-15-28(19-27)45(42,43)38-35-36-29(20-32(37-35)44-31)33-24(3)10-8-11-25(33)4;/h5-15,19-20,23,30-31H,16-18,21-22H2,1-4H3,(H,36,37,38);1H. The largest absolute Gasteiger partial charge is 0.471 e. The molecule has 46 heavy (non-hydrogen) atoms. The van der Waals surface area contributed by atoms with Crippen LogP contribution in [-0.2, 0) is 16.6 Å². The minimum absolute atomic E-state index is 0. The van der Waals surface area contributed by atoms with Crippen LogP contribution in [0.3, 0.4) is 0 Å². The van der Waals surface area contributed by atoms with Gasteiger partial charge in [-0.25, -0.2) is 18.1 Å².